The van der Waals surface area contributed by atoms with E-state index in [0.29, 0.717) is 23.5 Å². The van der Waals surface area contributed by atoms with Gasteiger partial charge in [-0.1, -0.05) is 36.9 Å². The van der Waals surface area contributed by atoms with Gasteiger partial charge in [-0.2, -0.15) is 0 Å². The van der Waals surface area contributed by atoms with Crippen LogP contribution in [-0.2, 0) is 11.2 Å². The van der Waals surface area contributed by atoms with E-state index >= 15 is 0 Å². The molecule has 0 spiro atoms. The number of rotatable bonds is 9. The predicted molar refractivity (Wildman–Crippen MR) is 120 cm³/mol. The molecule has 3 rings (SSSR count). The number of ether oxygens (including phenoxy) is 1. The maximum atomic E-state index is 12.5. The van der Waals surface area contributed by atoms with Gasteiger partial charge in [0.1, 0.15) is 17.9 Å². The molecule has 0 fully saturated rings. The topological polar surface area (TPSA) is 88.8 Å². The smallest absolute Gasteiger partial charge is 0.339 e. The SMILES string of the molecule is C=C(C)COc1ccc2c(C)c(CCC(=O)NC[C@H](O)c3ccccc3)c(=O)oc2c1. The van der Waals surface area contributed by atoms with Gasteiger partial charge in [0, 0.05) is 30.0 Å². The Morgan fingerprint density at radius 2 is 1.97 bits per heavy atom. The van der Waals surface area contributed by atoms with E-state index in [1.165, 1.54) is 0 Å². The highest BCUT2D eigenvalue weighted by Gasteiger charge is 2.15. The van der Waals surface area contributed by atoms with Crippen molar-refractivity contribution in [2.45, 2.75) is 32.8 Å². The van der Waals surface area contributed by atoms with Crippen LogP contribution in [0.5, 0.6) is 5.75 Å². The van der Waals surface area contributed by atoms with E-state index in [0.717, 1.165) is 22.1 Å². The minimum Gasteiger partial charge on any atom is -0.489 e. The number of fused-ring (bicyclic) bond motifs is 1. The van der Waals surface area contributed by atoms with Crippen molar-refractivity contribution in [1.82, 2.24) is 5.32 Å². The van der Waals surface area contributed by atoms with E-state index in [2.05, 4.69) is 11.9 Å². The number of carbonyl (C=O) groups is 1. The van der Waals surface area contributed by atoms with Crippen LogP contribution in [0.3, 0.4) is 0 Å². The standard InChI is InChI=1S/C25H27NO5/c1-16(2)15-30-19-9-10-20-17(3)21(25(29)31-23(20)13-19)11-12-24(28)26-14-22(27)18-7-5-4-6-8-18/h4-10,13,22,27H,1,11-12,14-15H2,2-3H3,(H,26,28)/t22-/m0/s1. The molecular weight excluding hydrogens is 394 g/mol. The van der Waals surface area contributed by atoms with Gasteiger partial charge < -0.3 is 19.6 Å². The number of aryl methyl sites for hydroxylation is 1. The largest absolute Gasteiger partial charge is 0.489 e. The summed E-state index contributed by atoms with van der Waals surface area (Å²) in [5.74, 6) is 0.361. The summed E-state index contributed by atoms with van der Waals surface area (Å²) in [5.41, 5.74) is 2.87. The molecule has 0 radical (unpaired) electrons. The average Bonchev–Trinajstić information content (AvgIpc) is 2.76. The zero-order valence-electron chi connectivity index (χ0n) is 17.8. The Morgan fingerprint density at radius 3 is 2.68 bits per heavy atom. The number of nitrogens with one attached hydrogen (secondary N) is 1. The third-order valence-corrected chi connectivity index (χ3v) is 5.02. The predicted octanol–water partition coefficient (Wildman–Crippen LogP) is 3.84. The van der Waals surface area contributed by atoms with E-state index in [9.17, 15) is 14.7 Å². The molecule has 1 aromatic heterocycles. The first-order valence-electron chi connectivity index (χ1n) is 10.2. The quantitative estimate of drug-likeness (QED) is 0.405. The van der Waals surface area contributed by atoms with Crippen LogP contribution in [0.25, 0.3) is 11.0 Å². The lowest BCUT2D eigenvalue weighted by atomic mass is 10.0. The van der Waals surface area contributed by atoms with Crippen LogP contribution in [0.4, 0.5) is 0 Å². The number of hydrogen-bond acceptors (Lipinski definition) is 5. The summed E-state index contributed by atoms with van der Waals surface area (Å²) in [7, 11) is 0. The van der Waals surface area contributed by atoms with Crippen molar-refractivity contribution in [2.75, 3.05) is 13.2 Å². The lowest BCUT2D eigenvalue weighted by Gasteiger charge is -2.13. The molecule has 0 unspecified atom stereocenters. The zero-order chi connectivity index (χ0) is 22.4. The first-order chi connectivity index (χ1) is 14.8. The number of carbonyl (C=O) groups excluding carboxylic acids is 1. The molecule has 0 aliphatic rings. The molecule has 6 heteroatoms. The molecule has 0 aliphatic heterocycles. The first kappa shape index (κ1) is 22.3. The van der Waals surface area contributed by atoms with E-state index in [1.807, 2.05) is 44.2 Å². The maximum absolute atomic E-state index is 12.5. The number of aliphatic hydroxyl groups is 1. The Balaban J connectivity index is 1.64. The van der Waals surface area contributed by atoms with Crippen molar-refractivity contribution in [3.8, 4) is 5.75 Å². The van der Waals surface area contributed by atoms with Gasteiger partial charge in [0.15, 0.2) is 0 Å². The van der Waals surface area contributed by atoms with Crippen LogP contribution >= 0.6 is 0 Å². The Hall–Kier alpha value is -3.38. The molecular formula is C25H27NO5. The summed E-state index contributed by atoms with van der Waals surface area (Å²) >= 11 is 0. The lowest BCUT2D eigenvalue weighted by Crippen LogP contribution is -2.29. The summed E-state index contributed by atoms with van der Waals surface area (Å²) < 4.78 is 11.1. The van der Waals surface area contributed by atoms with E-state index in [1.54, 1.807) is 18.2 Å². The fraction of sp³-hybridized carbons (Fsp3) is 0.280. The van der Waals surface area contributed by atoms with Gasteiger partial charge >= 0.3 is 5.63 Å². The molecule has 2 N–H and O–H groups in total. The lowest BCUT2D eigenvalue weighted by molar-refractivity contribution is -0.121. The fourth-order valence-electron chi connectivity index (χ4n) is 3.29. The number of aliphatic hydroxyl groups excluding tert-OH is 1. The molecule has 1 atom stereocenters. The van der Waals surface area contributed by atoms with Gasteiger partial charge in [-0.3, -0.25) is 4.79 Å². The molecule has 0 bridgehead atoms. The van der Waals surface area contributed by atoms with Crippen LogP contribution in [0, 0.1) is 6.92 Å². The molecule has 3 aromatic rings. The van der Waals surface area contributed by atoms with Crippen molar-refractivity contribution in [2.24, 2.45) is 0 Å². The molecule has 2 aromatic carbocycles. The van der Waals surface area contributed by atoms with Crippen molar-refractivity contribution < 1.29 is 19.1 Å². The van der Waals surface area contributed by atoms with Gasteiger partial charge in [-0.05, 0) is 49.1 Å². The monoisotopic (exact) mass is 421 g/mol. The van der Waals surface area contributed by atoms with Crippen molar-refractivity contribution in [3.05, 3.63) is 87.8 Å². The van der Waals surface area contributed by atoms with Crippen molar-refractivity contribution in [3.63, 3.8) is 0 Å². The van der Waals surface area contributed by atoms with Gasteiger partial charge in [0.05, 0.1) is 6.10 Å². The third-order valence-electron chi connectivity index (χ3n) is 5.02. The van der Waals surface area contributed by atoms with Gasteiger partial charge in [-0.25, -0.2) is 4.79 Å². The molecule has 31 heavy (non-hydrogen) atoms. The van der Waals surface area contributed by atoms with Crippen LogP contribution in [-0.4, -0.2) is 24.2 Å². The third kappa shape index (κ3) is 5.83. The number of amides is 1. The summed E-state index contributed by atoms with van der Waals surface area (Å²) in [6, 6.07) is 14.5. The molecule has 6 nitrogen and oxygen atoms in total. The van der Waals surface area contributed by atoms with Gasteiger partial charge in [0.2, 0.25) is 5.91 Å². The van der Waals surface area contributed by atoms with Crippen LogP contribution < -0.4 is 15.7 Å². The highest BCUT2D eigenvalue weighted by Crippen LogP contribution is 2.25. The minimum atomic E-state index is -0.779. The summed E-state index contributed by atoms with van der Waals surface area (Å²) in [6.45, 7) is 8.02. The molecule has 162 valence electrons. The average molecular weight is 421 g/mol. The second kappa shape index (κ2) is 10.1. The van der Waals surface area contributed by atoms with E-state index < -0.39 is 11.7 Å². The molecule has 1 amide bonds. The zero-order valence-corrected chi connectivity index (χ0v) is 17.8. The van der Waals surface area contributed by atoms with Gasteiger partial charge in [0.25, 0.3) is 0 Å². The maximum Gasteiger partial charge on any atom is 0.339 e. The highest BCUT2D eigenvalue weighted by atomic mass is 16.5. The molecule has 0 saturated heterocycles. The Kier molecular flexibility index (Phi) is 7.26. The molecule has 1 heterocycles. The van der Waals surface area contributed by atoms with Gasteiger partial charge in [-0.15, -0.1) is 0 Å². The normalized spacial score (nSPS) is 11.8. The highest BCUT2D eigenvalue weighted by molar-refractivity contribution is 5.82. The van der Waals surface area contributed by atoms with Crippen molar-refractivity contribution in [1.29, 1.82) is 0 Å². The second-order valence-electron chi connectivity index (χ2n) is 7.63. The fourth-order valence-corrected chi connectivity index (χ4v) is 3.29. The molecule has 0 aliphatic carbocycles. The summed E-state index contributed by atoms with van der Waals surface area (Å²) in [6.07, 6.45) is -0.400. The first-order valence-corrected chi connectivity index (χ1v) is 10.2. The number of hydrogen-bond donors (Lipinski definition) is 2. The van der Waals surface area contributed by atoms with Crippen molar-refractivity contribution >= 4 is 16.9 Å². The number of benzene rings is 2. The summed E-state index contributed by atoms with van der Waals surface area (Å²) in [5, 5.41) is 13.7. The van der Waals surface area contributed by atoms with E-state index in [4.69, 9.17) is 9.15 Å². The summed E-state index contributed by atoms with van der Waals surface area (Å²) in [4.78, 5) is 24.7. The minimum absolute atomic E-state index is 0.112. The van der Waals surface area contributed by atoms with E-state index in [-0.39, 0.29) is 25.3 Å². The second-order valence-corrected chi connectivity index (χ2v) is 7.63. The van der Waals surface area contributed by atoms with Crippen LogP contribution in [0.2, 0.25) is 0 Å². The molecule has 0 saturated carbocycles. The Labute approximate surface area is 181 Å². The Morgan fingerprint density at radius 1 is 1.23 bits per heavy atom. The Bertz CT molecular complexity index is 1130. The van der Waals surface area contributed by atoms with Crippen LogP contribution in [0.1, 0.15) is 36.1 Å². The van der Waals surface area contributed by atoms with Crippen LogP contribution in [0.15, 0.2) is 69.9 Å².